The van der Waals surface area contributed by atoms with E-state index in [1.165, 1.54) is 23.1 Å². The summed E-state index contributed by atoms with van der Waals surface area (Å²) in [5, 5.41) is 11.5. The van der Waals surface area contributed by atoms with Crippen LogP contribution in [0.2, 0.25) is 0 Å². The van der Waals surface area contributed by atoms with Gasteiger partial charge < -0.3 is 19.3 Å². The number of nitrogens with zero attached hydrogens (tertiary/aromatic N) is 2. The molecule has 0 fully saturated rings. The van der Waals surface area contributed by atoms with Crippen molar-refractivity contribution in [2.45, 2.75) is 26.8 Å². The highest BCUT2D eigenvalue weighted by atomic mass is 19.1. The Morgan fingerprint density at radius 1 is 1.15 bits per heavy atom. The van der Waals surface area contributed by atoms with E-state index in [4.69, 9.17) is 4.42 Å². The van der Waals surface area contributed by atoms with Crippen LogP contribution in [0.25, 0.3) is 11.0 Å². The quantitative estimate of drug-likeness (QED) is 0.499. The van der Waals surface area contributed by atoms with Crippen molar-refractivity contribution < 1.29 is 23.5 Å². The van der Waals surface area contributed by atoms with Crippen molar-refractivity contribution >= 4 is 22.7 Å². The molecule has 1 aliphatic rings. The van der Waals surface area contributed by atoms with E-state index in [2.05, 4.69) is 4.90 Å². The molecule has 0 saturated heterocycles. The fraction of sp³-hybridized carbons (Fsp3) is 0.308. The number of rotatable bonds is 8. The number of likely N-dealkylation sites (N-methyl/N-ethyl adjacent to an activating group) is 1. The second kappa shape index (κ2) is 9.19. The Hall–Kier alpha value is -3.45. The average molecular weight is 451 g/mol. The molecule has 0 bridgehead atoms. The Morgan fingerprint density at radius 2 is 1.91 bits per heavy atom. The molecule has 2 aromatic carbocycles. The summed E-state index contributed by atoms with van der Waals surface area (Å²) in [6, 6.07) is 12.0. The first kappa shape index (κ1) is 22.7. The van der Waals surface area contributed by atoms with E-state index in [0.717, 1.165) is 24.0 Å². The van der Waals surface area contributed by atoms with Gasteiger partial charge in [0.1, 0.15) is 11.4 Å². The van der Waals surface area contributed by atoms with Gasteiger partial charge in [0.2, 0.25) is 5.78 Å². The molecule has 0 radical (unpaired) electrons. The summed E-state index contributed by atoms with van der Waals surface area (Å²) in [5.41, 5.74) is 1.87. The molecular weight excluding hydrogens is 423 g/mol. The molecule has 1 unspecified atom stereocenters. The topological polar surface area (TPSA) is 74.0 Å². The zero-order valence-electron chi connectivity index (χ0n) is 19.0. The molecule has 3 aromatic rings. The Labute approximate surface area is 191 Å². The molecule has 7 heteroatoms. The predicted molar refractivity (Wildman–Crippen MR) is 124 cm³/mol. The van der Waals surface area contributed by atoms with Crippen LogP contribution in [-0.4, -0.2) is 52.8 Å². The van der Waals surface area contributed by atoms with Gasteiger partial charge in [0.25, 0.3) is 5.91 Å². The molecule has 2 heterocycles. The van der Waals surface area contributed by atoms with Gasteiger partial charge in [0, 0.05) is 18.5 Å². The van der Waals surface area contributed by atoms with E-state index in [0.29, 0.717) is 17.7 Å². The molecule has 0 saturated carbocycles. The molecule has 0 aliphatic carbocycles. The van der Waals surface area contributed by atoms with Gasteiger partial charge in [-0.3, -0.25) is 9.59 Å². The number of aryl methyl sites for hydroxylation is 1. The van der Waals surface area contributed by atoms with Crippen molar-refractivity contribution in [2.75, 3.05) is 26.2 Å². The molecule has 33 heavy (non-hydrogen) atoms. The van der Waals surface area contributed by atoms with E-state index in [1.807, 2.05) is 32.9 Å². The van der Waals surface area contributed by atoms with E-state index < -0.39 is 29.3 Å². The number of ketones is 1. The van der Waals surface area contributed by atoms with Gasteiger partial charge in [-0.15, -0.1) is 0 Å². The number of Topliss-reactive ketones (excluding diaryl/α,β-unsaturated/α-hetero) is 1. The number of amides is 1. The number of hydrogen-bond acceptors (Lipinski definition) is 5. The lowest BCUT2D eigenvalue weighted by molar-refractivity contribution is -0.129. The molecule has 4 rings (SSSR count). The lowest BCUT2D eigenvalue weighted by atomic mass is 9.95. The van der Waals surface area contributed by atoms with Gasteiger partial charge in [-0.1, -0.05) is 37.6 Å². The highest BCUT2D eigenvalue weighted by molar-refractivity contribution is 6.16. The first-order chi connectivity index (χ1) is 15.8. The maximum absolute atomic E-state index is 14.1. The van der Waals surface area contributed by atoms with Crippen LogP contribution in [0.3, 0.4) is 0 Å². The summed E-state index contributed by atoms with van der Waals surface area (Å²) >= 11 is 0. The number of halogens is 1. The molecule has 172 valence electrons. The van der Waals surface area contributed by atoms with Gasteiger partial charge in [-0.05, 0) is 55.9 Å². The minimum atomic E-state index is -0.911. The summed E-state index contributed by atoms with van der Waals surface area (Å²) in [7, 11) is 0. The summed E-state index contributed by atoms with van der Waals surface area (Å²) in [5.74, 6) is -2.32. The van der Waals surface area contributed by atoms with Crippen LogP contribution >= 0.6 is 0 Å². The summed E-state index contributed by atoms with van der Waals surface area (Å²) in [6.07, 6.45) is 0. The molecule has 1 N–H and O–H groups in total. The van der Waals surface area contributed by atoms with Gasteiger partial charge in [-0.2, -0.15) is 0 Å². The number of benzene rings is 2. The average Bonchev–Trinajstić information content (AvgIpc) is 3.33. The largest absolute Gasteiger partial charge is 0.503 e. The minimum absolute atomic E-state index is 0.0249. The zero-order chi connectivity index (χ0) is 23.7. The normalized spacial score (nSPS) is 16.5. The van der Waals surface area contributed by atoms with Crippen molar-refractivity contribution in [1.82, 2.24) is 9.80 Å². The Kier molecular flexibility index (Phi) is 6.33. The number of furan rings is 1. The van der Waals surface area contributed by atoms with E-state index in [9.17, 15) is 19.1 Å². The van der Waals surface area contributed by atoms with Crippen molar-refractivity contribution in [3.05, 3.63) is 82.6 Å². The molecule has 1 amide bonds. The summed E-state index contributed by atoms with van der Waals surface area (Å²) in [4.78, 5) is 30.1. The van der Waals surface area contributed by atoms with E-state index >= 15 is 0 Å². The lowest BCUT2D eigenvalue weighted by Gasteiger charge is -2.29. The minimum Gasteiger partial charge on any atom is -0.503 e. The fourth-order valence-electron chi connectivity index (χ4n) is 4.34. The van der Waals surface area contributed by atoms with Crippen LogP contribution in [0.1, 0.15) is 41.6 Å². The zero-order valence-corrected chi connectivity index (χ0v) is 19.0. The van der Waals surface area contributed by atoms with Crippen molar-refractivity contribution in [3.63, 3.8) is 0 Å². The van der Waals surface area contributed by atoms with Crippen LogP contribution in [0.4, 0.5) is 4.39 Å². The standard InChI is InChI=1S/C26H27FN2O4/c1-4-28(5-2)11-12-29-23(17-7-6-8-19(27)14-17)22(25(31)26(29)32)24(30)21-15-18-13-16(3)9-10-20(18)33-21/h6-10,13-15,23,31H,4-5,11-12H2,1-3H3. The Balaban J connectivity index is 1.76. The van der Waals surface area contributed by atoms with Gasteiger partial charge >= 0.3 is 0 Å². The smallest absolute Gasteiger partial charge is 0.290 e. The van der Waals surface area contributed by atoms with Crippen molar-refractivity contribution in [1.29, 1.82) is 0 Å². The molecule has 1 atom stereocenters. The van der Waals surface area contributed by atoms with Crippen LogP contribution < -0.4 is 0 Å². The molecule has 1 aromatic heterocycles. The molecule has 0 spiro atoms. The maximum Gasteiger partial charge on any atom is 0.290 e. The first-order valence-electron chi connectivity index (χ1n) is 11.1. The SMILES string of the molecule is CCN(CC)CCN1C(=O)C(O)=C(C(=O)c2cc3cc(C)ccc3o2)C1c1cccc(F)c1. The molecule has 1 aliphatic heterocycles. The fourth-order valence-corrected chi connectivity index (χ4v) is 4.34. The van der Waals surface area contributed by atoms with Crippen LogP contribution in [-0.2, 0) is 4.79 Å². The third-order valence-electron chi connectivity index (χ3n) is 6.16. The first-order valence-corrected chi connectivity index (χ1v) is 11.1. The maximum atomic E-state index is 14.1. The van der Waals surface area contributed by atoms with Gasteiger partial charge in [0.15, 0.2) is 11.5 Å². The summed E-state index contributed by atoms with van der Waals surface area (Å²) < 4.78 is 19.9. The van der Waals surface area contributed by atoms with E-state index in [-0.39, 0.29) is 17.9 Å². The number of carbonyl (C=O) groups excluding carboxylic acids is 2. The highest BCUT2D eigenvalue weighted by Crippen LogP contribution is 2.39. The van der Waals surface area contributed by atoms with E-state index in [1.54, 1.807) is 18.2 Å². The third-order valence-corrected chi connectivity index (χ3v) is 6.16. The number of aliphatic hydroxyl groups is 1. The third kappa shape index (κ3) is 4.28. The van der Waals surface area contributed by atoms with Gasteiger partial charge in [-0.25, -0.2) is 4.39 Å². The monoisotopic (exact) mass is 450 g/mol. The molecule has 6 nitrogen and oxygen atoms in total. The summed E-state index contributed by atoms with van der Waals surface area (Å²) in [6.45, 7) is 8.41. The second-order valence-electron chi connectivity index (χ2n) is 8.23. The molecular formula is C26H27FN2O4. The Bertz CT molecular complexity index is 1240. The lowest BCUT2D eigenvalue weighted by Crippen LogP contribution is -2.38. The predicted octanol–water partition coefficient (Wildman–Crippen LogP) is 4.80. The number of aliphatic hydroxyl groups excluding tert-OH is 1. The van der Waals surface area contributed by atoms with Crippen LogP contribution in [0.5, 0.6) is 0 Å². The van der Waals surface area contributed by atoms with Crippen molar-refractivity contribution in [3.8, 4) is 0 Å². The number of carbonyl (C=O) groups is 2. The second-order valence-corrected chi connectivity index (χ2v) is 8.23. The van der Waals surface area contributed by atoms with Crippen LogP contribution in [0, 0.1) is 12.7 Å². The van der Waals surface area contributed by atoms with Gasteiger partial charge in [0.05, 0.1) is 11.6 Å². The van der Waals surface area contributed by atoms with Crippen molar-refractivity contribution in [2.24, 2.45) is 0 Å². The Morgan fingerprint density at radius 3 is 2.61 bits per heavy atom. The number of fused-ring (bicyclic) bond motifs is 1. The number of hydrogen-bond donors (Lipinski definition) is 1. The van der Waals surface area contributed by atoms with Crippen LogP contribution in [0.15, 0.2) is 64.3 Å². The highest BCUT2D eigenvalue weighted by Gasteiger charge is 2.44.